The summed E-state index contributed by atoms with van der Waals surface area (Å²) in [6.07, 6.45) is 0. The lowest BCUT2D eigenvalue weighted by atomic mass is 9.84. The van der Waals surface area contributed by atoms with E-state index in [9.17, 15) is 0 Å². The van der Waals surface area contributed by atoms with E-state index >= 15 is 0 Å². The third-order valence-corrected chi connectivity index (χ3v) is 3.89. The molecular formula is C18H20O2. The number of ether oxygens (including phenoxy) is 2. The van der Waals surface area contributed by atoms with Crippen LogP contribution in [0.3, 0.4) is 0 Å². The van der Waals surface area contributed by atoms with Gasteiger partial charge in [-0.1, -0.05) is 23.8 Å². The second-order valence-corrected chi connectivity index (χ2v) is 6.00. The summed E-state index contributed by atoms with van der Waals surface area (Å²) >= 11 is 0. The fraction of sp³-hybridized carbons (Fsp3) is 0.333. The minimum atomic E-state index is -0.325. The van der Waals surface area contributed by atoms with Crippen LogP contribution in [0.15, 0.2) is 30.3 Å². The summed E-state index contributed by atoms with van der Waals surface area (Å²) in [5.74, 6) is 1.78. The molecule has 0 amide bonds. The minimum absolute atomic E-state index is 0.325. The summed E-state index contributed by atoms with van der Waals surface area (Å²) in [6.45, 7) is 8.39. The van der Waals surface area contributed by atoms with Crippen molar-refractivity contribution >= 4 is 0 Å². The van der Waals surface area contributed by atoms with Crippen molar-refractivity contribution < 1.29 is 9.47 Å². The number of benzene rings is 2. The Morgan fingerprint density at radius 1 is 1.00 bits per heavy atom. The normalized spacial score (nSPS) is 15.1. The first-order valence-electron chi connectivity index (χ1n) is 6.91. The van der Waals surface area contributed by atoms with E-state index in [1.165, 1.54) is 16.7 Å². The van der Waals surface area contributed by atoms with Crippen LogP contribution in [0.1, 0.15) is 30.5 Å². The van der Waals surface area contributed by atoms with Gasteiger partial charge in [0.15, 0.2) is 0 Å². The average Bonchev–Trinajstić information content (AvgIpc) is 2.36. The van der Waals surface area contributed by atoms with E-state index in [0.717, 1.165) is 22.6 Å². The number of fused-ring (bicyclic) bond motifs is 3. The molecule has 1 aliphatic rings. The molecule has 0 N–H and O–H groups in total. The molecule has 1 aliphatic heterocycles. The zero-order valence-corrected chi connectivity index (χ0v) is 12.7. The highest BCUT2D eigenvalue weighted by Crippen LogP contribution is 2.49. The number of hydrogen-bond acceptors (Lipinski definition) is 2. The molecule has 104 valence electrons. The summed E-state index contributed by atoms with van der Waals surface area (Å²) in [7, 11) is 1.71. The smallest absolute Gasteiger partial charge is 0.132 e. The molecule has 2 nitrogen and oxygen atoms in total. The Morgan fingerprint density at radius 3 is 2.45 bits per heavy atom. The maximum atomic E-state index is 6.23. The van der Waals surface area contributed by atoms with E-state index in [1.54, 1.807) is 7.11 Å². The molecule has 0 radical (unpaired) electrons. The highest BCUT2D eigenvalue weighted by Gasteiger charge is 2.34. The van der Waals surface area contributed by atoms with Crippen LogP contribution in [-0.2, 0) is 5.60 Å². The highest BCUT2D eigenvalue weighted by molar-refractivity contribution is 5.82. The van der Waals surface area contributed by atoms with Gasteiger partial charge >= 0.3 is 0 Å². The summed E-state index contributed by atoms with van der Waals surface area (Å²) < 4.78 is 11.8. The predicted molar refractivity (Wildman–Crippen MR) is 81.6 cm³/mol. The number of hydrogen-bond donors (Lipinski definition) is 0. The van der Waals surface area contributed by atoms with Crippen molar-refractivity contribution in [2.45, 2.75) is 33.3 Å². The lowest BCUT2D eigenvalue weighted by molar-refractivity contribution is 0.105. The van der Waals surface area contributed by atoms with E-state index in [0.29, 0.717) is 0 Å². The SMILES string of the molecule is COc1cc(C)cc2c1-c1cc(C)ccc1C(C)(C)O2. The molecule has 0 saturated carbocycles. The second-order valence-electron chi connectivity index (χ2n) is 6.00. The van der Waals surface area contributed by atoms with Crippen LogP contribution in [-0.4, -0.2) is 7.11 Å². The Hall–Kier alpha value is -1.96. The standard InChI is InChI=1S/C18H20O2/c1-11-6-7-14-13(8-11)17-15(19-5)9-12(2)10-16(17)20-18(14,3)4/h6-10H,1-5H3. The van der Waals surface area contributed by atoms with Crippen LogP contribution in [0.25, 0.3) is 11.1 Å². The Bertz CT molecular complexity index is 684. The molecule has 0 bridgehead atoms. The lowest BCUT2D eigenvalue weighted by Crippen LogP contribution is -2.29. The van der Waals surface area contributed by atoms with Crippen molar-refractivity contribution in [2.75, 3.05) is 7.11 Å². The van der Waals surface area contributed by atoms with Gasteiger partial charge in [-0.25, -0.2) is 0 Å². The van der Waals surface area contributed by atoms with Crippen LogP contribution in [0.2, 0.25) is 0 Å². The monoisotopic (exact) mass is 268 g/mol. The first-order chi connectivity index (χ1) is 9.42. The Kier molecular flexibility index (Phi) is 2.79. The van der Waals surface area contributed by atoms with Crippen LogP contribution in [0.5, 0.6) is 11.5 Å². The first kappa shape index (κ1) is 13.0. The largest absolute Gasteiger partial charge is 0.496 e. The molecule has 0 atom stereocenters. The molecule has 2 aromatic rings. The molecule has 0 spiro atoms. The zero-order chi connectivity index (χ0) is 14.5. The van der Waals surface area contributed by atoms with E-state index in [-0.39, 0.29) is 5.60 Å². The topological polar surface area (TPSA) is 18.5 Å². The van der Waals surface area contributed by atoms with Gasteiger partial charge in [-0.3, -0.25) is 0 Å². The fourth-order valence-electron chi connectivity index (χ4n) is 2.95. The van der Waals surface area contributed by atoms with E-state index in [1.807, 2.05) is 0 Å². The van der Waals surface area contributed by atoms with Gasteiger partial charge in [0, 0.05) is 5.56 Å². The van der Waals surface area contributed by atoms with Gasteiger partial charge in [0.2, 0.25) is 0 Å². The van der Waals surface area contributed by atoms with Crippen molar-refractivity contribution in [3.05, 3.63) is 47.0 Å². The lowest BCUT2D eigenvalue weighted by Gasteiger charge is -2.36. The molecule has 3 rings (SSSR count). The predicted octanol–water partition coefficient (Wildman–Crippen LogP) is 4.61. The summed E-state index contributed by atoms with van der Waals surface area (Å²) in [4.78, 5) is 0. The molecule has 0 saturated heterocycles. The number of rotatable bonds is 1. The van der Waals surface area contributed by atoms with Crippen molar-refractivity contribution in [3.8, 4) is 22.6 Å². The quantitative estimate of drug-likeness (QED) is 0.752. The van der Waals surface area contributed by atoms with Crippen molar-refractivity contribution in [1.82, 2.24) is 0 Å². The molecule has 1 heterocycles. The molecule has 2 aromatic carbocycles. The Balaban J connectivity index is 2.37. The van der Waals surface area contributed by atoms with Crippen LogP contribution >= 0.6 is 0 Å². The third kappa shape index (κ3) is 1.87. The summed E-state index contributed by atoms with van der Waals surface area (Å²) in [5, 5.41) is 0. The molecule has 0 aromatic heterocycles. The number of aryl methyl sites for hydroxylation is 2. The van der Waals surface area contributed by atoms with Gasteiger partial charge in [0.1, 0.15) is 17.1 Å². The molecule has 0 unspecified atom stereocenters. The van der Waals surface area contributed by atoms with Crippen LogP contribution in [0.4, 0.5) is 0 Å². The van der Waals surface area contributed by atoms with Crippen molar-refractivity contribution in [2.24, 2.45) is 0 Å². The first-order valence-corrected chi connectivity index (χ1v) is 6.91. The van der Waals surface area contributed by atoms with Gasteiger partial charge in [0.25, 0.3) is 0 Å². The highest BCUT2D eigenvalue weighted by atomic mass is 16.5. The Morgan fingerprint density at radius 2 is 1.75 bits per heavy atom. The summed E-state index contributed by atoms with van der Waals surface area (Å²) in [6, 6.07) is 10.7. The Labute approximate surface area is 120 Å². The minimum Gasteiger partial charge on any atom is -0.496 e. The van der Waals surface area contributed by atoms with E-state index in [2.05, 4.69) is 58.0 Å². The van der Waals surface area contributed by atoms with Gasteiger partial charge in [-0.05, 0) is 51.0 Å². The second kappa shape index (κ2) is 4.27. The average molecular weight is 268 g/mol. The maximum absolute atomic E-state index is 6.23. The molecule has 0 aliphatic carbocycles. The number of methoxy groups -OCH3 is 1. The van der Waals surface area contributed by atoms with Gasteiger partial charge in [-0.15, -0.1) is 0 Å². The van der Waals surface area contributed by atoms with Crippen LogP contribution in [0, 0.1) is 13.8 Å². The zero-order valence-electron chi connectivity index (χ0n) is 12.7. The fourth-order valence-corrected chi connectivity index (χ4v) is 2.95. The molecular weight excluding hydrogens is 248 g/mol. The van der Waals surface area contributed by atoms with Gasteiger partial charge in [-0.2, -0.15) is 0 Å². The van der Waals surface area contributed by atoms with Crippen molar-refractivity contribution in [1.29, 1.82) is 0 Å². The molecule has 20 heavy (non-hydrogen) atoms. The maximum Gasteiger partial charge on any atom is 0.132 e. The molecule has 2 heteroatoms. The van der Waals surface area contributed by atoms with Crippen LogP contribution < -0.4 is 9.47 Å². The van der Waals surface area contributed by atoms with E-state index < -0.39 is 0 Å². The molecule has 0 fully saturated rings. The van der Waals surface area contributed by atoms with Gasteiger partial charge < -0.3 is 9.47 Å². The van der Waals surface area contributed by atoms with E-state index in [4.69, 9.17) is 9.47 Å². The van der Waals surface area contributed by atoms with Crippen molar-refractivity contribution in [3.63, 3.8) is 0 Å². The third-order valence-electron chi connectivity index (χ3n) is 3.89. The summed E-state index contributed by atoms with van der Waals surface area (Å²) in [5.41, 5.74) is 5.55. The van der Waals surface area contributed by atoms with Gasteiger partial charge in [0.05, 0.1) is 12.7 Å².